The minimum absolute atomic E-state index is 0.0613. The Morgan fingerprint density at radius 2 is 2.10 bits per heavy atom. The van der Waals surface area contributed by atoms with E-state index in [4.69, 9.17) is 0 Å². The SMILES string of the molecule is CCCC1(C(=O)O)CCN(C(=O)c2ccc(F)cc2F)C1. The van der Waals surface area contributed by atoms with Crippen molar-refractivity contribution in [2.75, 3.05) is 13.1 Å². The predicted molar refractivity (Wildman–Crippen MR) is 71.9 cm³/mol. The molecule has 4 nitrogen and oxygen atoms in total. The number of carbonyl (C=O) groups is 2. The van der Waals surface area contributed by atoms with Gasteiger partial charge in [0.15, 0.2) is 0 Å². The molecule has 0 aromatic heterocycles. The van der Waals surface area contributed by atoms with Gasteiger partial charge in [-0.2, -0.15) is 0 Å². The number of halogens is 2. The van der Waals surface area contributed by atoms with Crippen molar-refractivity contribution in [2.24, 2.45) is 5.41 Å². The second-order valence-corrected chi connectivity index (χ2v) is 5.44. The third kappa shape index (κ3) is 2.89. The first-order valence-corrected chi connectivity index (χ1v) is 6.87. The zero-order chi connectivity index (χ0) is 15.6. The molecule has 6 heteroatoms. The van der Waals surface area contributed by atoms with Crippen molar-refractivity contribution in [3.8, 4) is 0 Å². The molecule has 1 aliphatic heterocycles. The highest BCUT2D eigenvalue weighted by Gasteiger charge is 2.45. The van der Waals surface area contributed by atoms with E-state index in [9.17, 15) is 23.5 Å². The summed E-state index contributed by atoms with van der Waals surface area (Å²) in [4.78, 5) is 25.1. The van der Waals surface area contributed by atoms with Gasteiger partial charge in [-0.15, -0.1) is 0 Å². The molecule has 1 saturated heterocycles. The summed E-state index contributed by atoms with van der Waals surface area (Å²) < 4.78 is 26.5. The number of hydrogen-bond acceptors (Lipinski definition) is 2. The summed E-state index contributed by atoms with van der Waals surface area (Å²) in [5.74, 6) is -3.20. The van der Waals surface area contributed by atoms with Crippen LogP contribution in [0.1, 0.15) is 36.5 Å². The normalized spacial score (nSPS) is 21.6. The zero-order valence-electron chi connectivity index (χ0n) is 11.7. The average molecular weight is 297 g/mol. The Bertz CT molecular complexity index is 576. The molecule has 21 heavy (non-hydrogen) atoms. The number of aliphatic carboxylic acids is 1. The lowest BCUT2D eigenvalue weighted by molar-refractivity contribution is -0.148. The Morgan fingerprint density at radius 3 is 2.67 bits per heavy atom. The Morgan fingerprint density at radius 1 is 1.38 bits per heavy atom. The molecule has 1 aromatic rings. The average Bonchev–Trinajstić information content (AvgIpc) is 2.84. The maximum Gasteiger partial charge on any atom is 0.311 e. The van der Waals surface area contributed by atoms with Crippen LogP contribution in [-0.4, -0.2) is 35.0 Å². The lowest BCUT2D eigenvalue weighted by Crippen LogP contribution is -2.37. The van der Waals surface area contributed by atoms with Gasteiger partial charge in [0.1, 0.15) is 11.6 Å². The third-order valence-electron chi connectivity index (χ3n) is 3.98. The van der Waals surface area contributed by atoms with Gasteiger partial charge in [0, 0.05) is 19.2 Å². The number of hydrogen-bond donors (Lipinski definition) is 1. The van der Waals surface area contributed by atoms with E-state index < -0.39 is 28.9 Å². The first-order valence-electron chi connectivity index (χ1n) is 6.87. The van der Waals surface area contributed by atoms with Gasteiger partial charge in [0.05, 0.1) is 11.0 Å². The number of likely N-dealkylation sites (tertiary alicyclic amines) is 1. The molecule has 0 bridgehead atoms. The smallest absolute Gasteiger partial charge is 0.311 e. The van der Waals surface area contributed by atoms with Crippen molar-refractivity contribution in [3.63, 3.8) is 0 Å². The number of nitrogens with zero attached hydrogens (tertiary/aromatic N) is 1. The van der Waals surface area contributed by atoms with Gasteiger partial charge in [-0.25, -0.2) is 8.78 Å². The van der Waals surface area contributed by atoms with Gasteiger partial charge in [-0.1, -0.05) is 13.3 Å². The third-order valence-corrected chi connectivity index (χ3v) is 3.98. The van der Waals surface area contributed by atoms with Crippen LogP contribution >= 0.6 is 0 Å². The molecule has 1 amide bonds. The van der Waals surface area contributed by atoms with E-state index in [1.54, 1.807) is 0 Å². The van der Waals surface area contributed by atoms with Crippen LogP contribution in [0.25, 0.3) is 0 Å². The lowest BCUT2D eigenvalue weighted by atomic mass is 9.83. The number of rotatable bonds is 4. The minimum Gasteiger partial charge on any atom is -0.481 e. The van der Waals surface area contributed by atoms with Crippen LogP contribution in [0.3, 0.4) is 0 Å². The second kappa shape index (κ2) is 5.79. The van der Waals surface area contributed by atoms with E-state index >= 15 is 0 Å². The van der Waals surface area contributed by atoms with Gasteiger partial charge < -0.3 is 10.0 Å². The van der Waals surface area contributed by atoms with E-state index in [2.05, 4.69) is 0 Å². The number of carboxylic acids is 1. The second-order valence-electron chi connectivity index (χ2n) is 5.44. The van der Waals surface area contributed by atoms with Crippen LogP contribution in [0.4, 0.5) is 8.78 Å². The van der Waals surface area contributed by atoms with Crippen LogP contribution in [-0.2, 0) is 4.79 Å². The largest absolute Gasteiger partial charge is 0.481 e. The highest BCUT2D eigenvalue weighted by atomic mass is 19.1. The Balaban J connectivity index is 2.20. The summed E-state index contributed by atoms with van der Waals surface area (Å²) in [5, 5.41) is 9.39. The van der Waals surface area contributed by atoms with E-state index in [0.717, 1.165) is 12.1 Å². The van der Waals surface area contributed by atoms with Gasteiger partial charge >= 0.3 is 5.97 Å². The molecule has 114 valence electrons. The molecule has 1 atom stereocenters. The molecule has 2 rings (SSSR count). The van der Waals surface area contributed by atoms with Gasteiger partial charge in [-0.3, -0.25) is 9.59 Å². The molecule has 0 aliphatic carbocycles. The first-order chi connectivity index (χ1) is 9.89. The molecule has 1 heterocycles. The van der Waals surface area contributed by atoms with Crippen LogP contribution in [0.5, 0.6) is 0 Å². The number of benzene rings is 1. The fourth-order valence-corrected chi connectivity index (χ4v) is 2.84. The standard InChI is InChI=1S/C15H17F2NO3/c1-2-5-15(14(20)21)6-7-18(9-15)13(19)11-4-3-10(16)8-12(11)17/h3-4,8H,2,5-7,9H2,1H3,(H,20,21). The molecular weight excluding hydrogens is 280 g/mol. The molecule has 1 aromatic carbocycles. The fourth-order valence-electron chi connectivity index (χ4n) is 2.84. The van der Waals surface area contributed by atoms with Crippen molar-refractivity contribution >= 4 is 11.9 Å². The summed E-state index contributed by atoms with van der Waals surface area (Å²) in [6, 6.07) is 2.76. The van der Waals surface area contributed by atoms with Crippen LogP contribution in [0, 0.1) is 17.0 Å². The van der Waals surface area contributed by atoms with Crippen molar-refractivity contribution < 1.29 is 23.5 Å². The molecule has 1 unspecified atom stereocenters. The quantitative estimate of drug-likeness (QED) is 0.929. The number of carbonyl (C=O) groups excluding carboxylic acids is 1. The first kappa shape index (κ1) is 15.4. The molecule has 0 saturated carbocycles. The van der Waals surface area contributed by atoms with Crippen LogP contribution in [0.2, 0.25) is 0 Å². The number of carboxylic acid groups (broad SMARTS) is 1. The van der Waals surface area contributed by atoms with E-state index in [1.807, 2.05) is 6.92 Å². The highest BCUT2D eigenvalue weighted by Crippen LogP contribution is 2.36. The summed E-state index contributed by atoms with van der Waals surface area (Å²) >= 11 is 0. The van der Waals surface area contributed by atoms with E-state index in [1.165, 1.54) is 4.90 Å². The van der Waals surface area contributed by atoms with Crippen molar-refractivity contribution in [2.45, 2.75) is 26.2 Å². The van der Waals surface area contributed by atoms with E-state index in [0.29, 0.717) is 25.3 Å². The summed E-state index contributed by atoms with van der Waals surface area (Å²) in [7, 11) is 0. The fraction of sp³-hybridized carbons (Fsp3) is 0.467. The van der Waals surface area contributed by atoms with Gasteiger partial charge in [0.25, 0.3) is 5.91 Å². The lowest BCUT2D eigenvalue weighted by Gasteiger charge is -2.24. The summed E-state index contributed by atoms with van der Waals surface area (Å²) in [5.41, 5.74) is -1.19. The maximum absolute atomic E-state index is 13.6. The topological polar surface area (TPSA) is 57.6 Å². The van der Waals surface area contributed by atoms with Crippen LogP contribution < -0.4 is 0 Å². The molecule has 1 N–H and O–H groups in total. The van der Waals surface area contributed by atoms with Crippen molar-refractivity contribution in [3.05, 3.63) is 35.4 Å². The monoisotopic (exact) mass is 297 g/mol. The molecule has 1 aliphatic rings. The molecule has 0 spiro atoms. The summed E-state index contributed by atoms with van der Waals surface area (Å²) in [6.45, 7) is 2.21. The minimum atomic E-state index is -0.957. The summed E-state index contributed by atoms with van der Waals surface area (Å²) in [6.07, 6.45) is 1.52. The Labute approximate surface area is 121 Å². The van der Waals surface area contributed by atoms with Crippen molar-refractivity contribution in [1.29, 1.82) is 0 Å². The molecular formula is C15H17F2NO3. The predicted octanol–water partition coefficient (Wildman–Crippen LogP) is 2.68. The van der Waals surface area contributed by atoms with Crippen LogP contribution in [0.15, 0.2) is 18.2 Å². The van der Waals surface area contributed by atoms with Crippen molar-refractivity contribution in [1.82, 2.24) is 4.90 Å². The highest BCUT2D eigenvalue weighted by molar-refractivity contribution is 5.95. The maximum atomic E-state index is 13.6. The van der Waals surface area contributed by atoms with Gasteiger partial charge in [0.2, 0.25) is 0 Å². The molecule has 0 radical (unpaired) electrons. The Kier molecular flexibility index (Phi) is 4.25. The Hall–Kier alpha value is -1.98. The number of amides is 1. The van der Waals surface area contributed by atoms with E-state index in [-0.39, 0.29) is 18.7 Å². The molecule has 1 fully saturated rings. The van der Waals surface area contributed by atoms with Gasteiger partial charge in [-0.05, 0) is 25.0 Å². The zero-order valence-corrected chi connectivity index (χ0v) is 11.7.